The fourth-order valence-corrected chi connectivity index (χ4v) is 3.34. The van der Waals surface area contributed by atoms with E-state index in [1.54, 1.807) is 20.3 Å². The van der Waals surface area contributed by atoms with E-state index < -0.39 is 0 Å². The molecule has 1 amide bonds. The molecule has 1 saturated heterocycles. The topological polar surface area (TPSA) is 59.6 Å². The summed E-state index contributed by atoms with van der Waals surface area (Å²) in [6.45, 7) is 2.06. The molecule has 3 rings (SSSR count). The number of rotatable bonds is 4. The van der Waals surface area contributed by atoms with Crippen molar-refractivity contribution in [1.82, 2.24) is 5.32 Å². The van der Waals surface area contributed by atoms with Crippen molar-refractivity contribution in [3.63, 3.8) is 0 Å². The Morgan fingerprint density at radius 3 is 2.55 bits per heavy atom. The third-order valence-corrected chi connectivity index (χ3v) is 4.76. The highest BCUT2D eigenvalue weighted by Crippen LogP contribution is 2.58. The average molecular weight is 327 g/mol. The smallest absolute Gasteiger partial charge is 0.228 e. The van der Waals surface area contributed by atoms with Crippen LogP contribution in [0, 0.1) is 11.3 Å². The number of amides is 1. The predicted molar refractivity (Wildman–Crippen MR) is 88.1 cm³/mol. The van der Waals surface area contributed by atoms with Crippen LogP contribution in [0.5, 0.6) is 11.5 Å². The van der Waals surface area contributed by atoms with Gasteiger partial charge >= 0.3 is 0 Å². The molecule has 2 N–H and O–H groups in total. The first-order chi connectivity index (χ1) is 10.2. The van der Waals surface area contributed by atoms with Gasteiger partial charge in [-0.2, -0.15) is 0 Å². The van der Waals surface area contributed by atoms with Crippen LogP contribution in [0.3, 0.4) is 0 Å². The minimum atomic E-state index is 0. The third-order valence-electron chi connectivity index (χ3n) is 4.76. The number of hydrogen-bond donors (Lipinski definition) is 2. The van der Waals surface area contributed by atoms with Crippen molar-refractivity contribution >= 4 is 24.0 Å². The zero-order chi connectivity index (χ0) is 14.9. The van der Waals surface area contributed by atoms with Crippen molar-refractivity contribution in [2.45, 2.75) is 19.3 Å². The Morgan fingerprint density at radius 2 is 1.91 bits per heavy atom. The summed E-state index contributed by atoms with van der Waals surface area (Å²) in [5, 5.41) is 6.36. The number of benzene rings is 1. The van der Waals surface area contributed by atoms with Gasteiger partial charge in [0.05, 0.1) is 14.2 Å². The SMILES string of the molecule is COc1ccc(NC(=O)C2CC23CCNCC3)cc1OC.Cl. The average Bonchev–Trinajstić information content (AvgIpc) is 3.21. The molecule has 1 spiro atoms. The van der Waals surface area contributed by atoms with Gasteiger partial charge in [0, 0.05) is 17.7 Å². The summed E-state index contributed by atoms with van der Waals surface area (Å²) in [7, 11) is 3.19. The Kier molecular flexibility index (Phi) is 5.19. The number of anilines is 1. The molecule has 0 radical (unpaired) electrons. The van der Waals surface area contributed by atoms with Gasteiger partial charge in [0.25, 0.3) is 0 Å². The molecule has 0 bridgehead atoms. The Balaban J connectivity index is 0.00000176. The first kappa shape index (κ1) is 16.9. The first-order valence-electron chi connectivity index (χ1n) is 7.42. The second-order valence-corrected chi connectivity index (χ2v) is 5.93. The van der Waals surface area contributed by atoms with Gasteiger partial charge in [-0.15, -0.1) is 12.4 Å². The summed E-state index contributed by atoms with van der Waals surface area (Å²) in [4.78, 5) is 12.4. The molecule has 1 aromatic rings. The second-order valence-electron chi connectivity index (χ2n) is 5.93. The maximum absolute atomic E-state index is 12.4. The van der Waals surface area contributed by atoms with E-state index in [1.807, 2.05) is 12.1 Å². The molecule has 1 aliphatic carbocycles. The zero-order valence-corrected chi connectivity index (χ0v) is 13.8. The molecule has 1 aliphatic heterocycles. The van der Waals surface area contributed by atoms with Crippen LogP contribution in [0.2, 0.25) is 0 Å². The maximum Gasteiger partial charge on any atom is 0.228 e. The zero-order valence-electron chi connectivity index (χ0n) is 13.0. The van der Waals surface area contributed by atoms with E-state index in [4.69, 9.17) is 9.47 Å². The Bertz CT molecular complexity index is 544. The highest BCUT2D eigenvalue weighted by atomic mass is 35.5. The third kappa shape index (κ3) is 3.15. The summed E-state index contributed by atoms with van der Waals surface area (Å²) >= 11 is 0. The summed E-state index contributed by atoms with van der Waals surface area (Å²) in [6.07, 6.45) is 3.24. The van der Waals surface area contributed by atoms with Crippen LogP contribution in [-0.2, 0) is 4.79 Å². The predicted octanol–water partition coefficient (Wildman–Crippen LogP) is 2.45. The summed E-state index contributed by atoms with van der Waals surface area (Å²) in [5.41, 5.74) is 1.01. The van der Waals surface area contributed by atoms with Crippen molar-refractivity contribution in [2.75, 3.05) is 32.6 Å². The van der Waals surface area contributed by atoms with Crippen LogP contribution in [-0.4, -0.2) is 33.2 Å². The van der Waals surface area contributed by atoms with Gasteiger partial charge in [0.15, 0.2) is 11.5 Å². The minimum Gasteiger partial charge on any atom is -0.493 e. The highest BCUT2D eigenvalue weighted by molar-refractivity contribution is 5.95. The molecule has 122 valence electrons. The molecule has 0 aromatic heterocycles. The summed E-state index contributed by atoms with van der Waals surface area (Å²) < 4.78 is 10.5. The van der Waals surface area contributed by atoms with Crippen molar-refractivity contribution in [3.05, 3.63) is 18.2 Å². The van der Waals surface area contributed by atoms with Gasteiger partial charge in [-0.1, -0.05) is 0 Å². The second kappa shape index (κ2) is 6.75. The van der Waals surface area contributed by atoms with Gasteiger partial charge in [0.2, 0.25) is 5.91 Å². The number of hydrogen-bond acceptors (Lipinski definition) is 4. The van der Waals surface area contributed by atoms with Crippen LogP contribution in [0.15, 0.2) is 18.2 Å². The van der Waals surface area contributed by atoms with Gasteiger partial charge < -0.3 is 20.1 Å². The molecule has 2 aliphatic rings. The number of carbonyl (C=O) groups is 1. The number of piperidine rings is 1. The Hall–Kier alpha value is -1.46. The van der Waals surface area contributed by atoms with Crippen LogP contribution < -0.4 is 20.1 Å². The summed E-state index contributed by atoms with van der Waals surface area (Å²) in [5.74, 6) is 1.58. The fourth-order valence-electron chi connectivity index (χ4n) is 3.34. The quantitative estimate of drug-likeness (QED) is 0.892. The van der Waals surface area contributed by atoms with Crippen LogP contribution >= 0.6 is 12.4 Å². The lowest BCUT2D eigenvalue weighted by atomic mass is 9.92. The molecule has 1 saturated carbocycles. The van der Waals surface area contributed by atoms with E-state index in [1.165, 1.54) is 0 Å². The van der Waals surface area contributed by atoms with Gasteiger partial charge in [-0.3, -0.25) is 4.79 Å². The number of carbonyl (C=O) groups excluding carboxylic acids is 1. The molecule has 2 fully saturated rings. The van der Waals surface area contributed by atoms with Crippen molar-refractivity contribution in [3.8, 4) is 11.5 Å². The molecule has 5 nitrogen and oxygen atoms in total. The van der Waals surface area contributed by atoms with Crippen LogP contribution in [0.1, 0.15) is 19.3 Å². The Labute approximate surface area is 137 Å². The van der Waals surface area contributed by atoms with E-state index in [2.05, 4.69) is 10.6 Å². The number of nitrogens with one attached hydrogen (secondary N) is 2. The number of halogens is 1. The highest BCUT2D eigenvalue weighted by Gasteiger charge is 2.57. The number of methoxy groups -OCH3 is 2. The van der Waals surface area contributed by atoms with E-state index >= 15 is 0 Å². The summed E-state index contributed by atoms with van der Waals surface area (Å²) in [6, 6.07) is 5.45. The lowest BCUT2D eigenvalue weighted by Gasteiger charge is -2.23. The fraction of sp³-hybridized carbons (Fsp3) is 0.562. The molecule has 6 heteroatoms. The normalized spacial score (nSPS) is 21.6. The van der Waals surface area contributed by atoms with E-state index in [9.17, 15) is 4.79 Å². The monoisotopic (exact) mass is 326 g/mol. The molecule has 22 heavy (non-hydrogen) atoms. The molecule has 1 heterocycles. The van der Waals surface area contributed by atoms with E-state index in [0.29, 0.717) is 11.5 Å². The van der Waals surface area contributed by atoms with E-state index in [0.717, 1.165) is 38.0 Å². The minimum absolute atomic E-state index is 0. The molecule has 1 unspecified atom stereocenters. The van der Waals surface area contributed by atoms with Crippen molar-refractivity contribution < 1.29 is 14.3 Å². The van der Waals surface area contributed by atoms with Gasteiger partial charge in [0.1, 0.15) is 0 Å². The van der Waals surface area contributed by atoms with Gasteiger partial charge in [-0.25, -0.2) is 0 Å². The first-order valence-corrected chi connectivity index (χ1v) is 7.42. The van der Waals surface area contributed by atoms with Crippen molar-refractivity contribution in [2.24, 2.45) is 11.3 Å². The standard InChI is InChI=1S/C16H22N2O3.ClH/c1-20-13-4-3-11(9-14(13)21-2)18-15(19)12-10-16(12)5-7-17-8-6-16;/h3-4,9,12,17H,5-8,10H2,1-2H3,(H,18,19);1H. The van der Waals surface area contributed by atoms with Crippen LogP contribution in [0.25, 0.3) is 0 Å². The number of ether oxygens (including phenoxy) is 2. The van der Waals surface area contributed by atoms with Crippen LogP contribution in [0.4, 0.5) is 5.69 Å². The molecule has 1 aromatic carbocycles. The largest absolute Gasteiger partial charge is 0.493 e. The molecule has 1 atom stereocenters. The maximum atomic E-state index is 12.4. The molecular weight excluding hydrogens is 304 g/mol. The lowest BCUT2D eigenvalue weighted by Crippen LogP contribution is -2.31. The van der Waals surface area contributed by atoms with Crippen molar-refractivity contribution in [1.29, 1.82) is 0 Å². The van der Waals surface area contributed by atoms with Gasteiger partial charge in [-0.05, 0) is 49.9 Å². The Morgan fingerprint density at radius 1 is 1.23 bits per heavy atom. The van der Waals surface area contributed by atoms with E-state index in [-0.39, 0.29) is 29.6 Å². The molecular formula is C16H23ClN2O3. The lowest BCUT2D eigenvalue weighted by molar-refractivity contribution is -0.118.